The molecule has 0 aliphatic carbocycles. The summed E-state index contributed by atoms with van der Waals surface area (Å²) in [5.41, 5.74) is -0.261. The van der Waals surface area contributed by atoms with Gasteiger partial charge >= 0.3 is 5.97 Å². The predicted octanol–water partition coefficient (Wildman–Crippen LogP) is 4.90. The zero-order chi connectivity index (χ0) is 25.1. The van der Waals surface area contributed by atoms with Gasteiger partial charge in [0.1, 0.15) is 23.1 Å². The minimum atomic E-state index is -1.64. The second kappa shape index (κ2) is 9.50. The number of ether oxygens (including phenoxy) is 2. The molecule has 0 radical (unpaired) electrons. The van der Waals surface area contributed by atoms with E-state index in [2.05, 4.69) is 9.97 Å². The molecular weight excluding hydrogens is 458 g/mol. The SMILES string of the molecule is Cc1nccc(N(C(=O)c2cccc(OC3(C(=O)O)CCOc4ccccc43)c2)c2ccccc2)n1. The molecular formula is C28H23N3O5. The number of carbonyl (C=O) groups excluding carboxylic acids is 1. The molecule has 5 rings (SSSR count). The van der Waals surface area contributed by atoms with E-state index in [1.54, 1.807) is 67.7 Å². The number of fused-ring (bicyclic) bond motifs is 1. The lowest BCUT2D eigenvalue weighted by atomic mass is 9.87. The normalized spacial score (nSPS) is 16.4. The Labute approximate surface area is 207 Å². The molecule has 4 aromatic rings. The third kappa shape index (κ3) is 4.24. The number of amides is 1. The highest BCUT2D eigenvalue weighted by Crippen LogP contribution is 2.41. The van der Waals surface area contributed by atoms with Crippen molar-refractivity contribution < 1.29 is 24.2 Å². The highest BCUT2D eigenvalue weighted by molar-refractivity contribution is 6.10. The van der Waals surface area contributed by atoms with Crippen LogP contribution < -0.4 is 14.4 Å². The average Bonchev–Trinajstić information content (AvgIpc) is 2.90. The van der Waals surface area contributed by atoms with Gasteiger partial charge in [0.05, 0.1) is 12.3 Å². The number of aryl methyl sites for hydroxylation is 1. The van der Waals surface area contributed by atoms with Gasteiger partial charge in [-0.1, -0.05) is 42.5 Å². The number of nitrogens with zero attached hydrogens (tertiary/aromatic N) is 3. The maximum atomic E-state index is 13.8. The third-order valence-corrected chi connectivity index (χ3v) is 5.96. The Hall–Kier alpha value is -4.72. The van der Waals surface area contributed by atoms with Crippen molar-refractivity contribution in [2.45, 2.75) is 18.9 Å². The smallest absolute Gasteiger partial charge is 0.353 e. The van der Waals surface area contributed by atoms with Gasteiger partial charge in [-0.2, -0.15) is 0 Å². The molecule has 1 N–H and O–H groups in total. The average molecular weight is 482 g/mol. The molecule has 0 saturated carbocycles. The summed E-state index contributed by atoms with van der Waals surface area (Å²) < 4.78 is 11.8. The Morgan fingerprint density at radius 1 is 1.00 bits per heavy atom. The maximum absolute atomic E-state index is 13.8. The molecule has 0 saturated heterocycles. The lowest BCUT2D eigenvalue weighted by molar-refractivity contribution is -0.159. The molecule has 1 unspecified atom stereocenters. The molecule has 0 bridgehead atoms. The Kier molecular flexibility index (Phi) is 6.08. The van der Waals surface area contributed by atoms with E-state index in [1.165, 1.54) is 4.90 Å². The van der Waals surface area contributed by atoms with Gasteiger partial charge in [0, 0.05) is 23.7 Å². The quantitative estimate of drug-likeness (QED) is 0.418. The number of benzene rings is 3. The summed E-state index contributed by atoms with van der Waals surface area (Å²) in [6, 6.07) is 24.3. The van der Waals surface area contributed by atoms with Crippen molar-refractivity contribution in [3.8, 4) is 11.5 Å². The number of rotatable bonds is 6. The molecule has 1 aliphatic heterocycles. The van der Waals surface area contributed by atoms with Crippen molar-refractivity contribution in [3.63, 3.8) is 0 Å². The van der Waals surface area contributed by atoms with E-state index in [1.807, 2.05) is 30.3 Å². The molecule has 1 aliphatic rings. The summed E-state index contributed by atoms with van der Waals surface area (Å²) in [6.45, 7) is 1.94. The van der Waals surface area contributed by atoms with Crippen LogP contribution in [0.4, 0.5) is 11.5 Å². The first kappa shape index (κ1) is 23.0. The summed E-state index contributed by atoms with van der Waals surface area (Å²) in [7, 11) is 0. The molecule has 1 aromatic heterocycles. The molecule has 2 heterocycles. The molecule has 0 spiro atoms. The van der Waals surface area contributed by atoms with E-state index in [-0.39, 0.29) is 24.7 Å². The van der Waals surface area contributed by atoms with Gasteiger partial charge in [-0.15, -0.1) is 0 Å². The van der Waals surface area contributed by atoms with Crippen LogP contribution in [0.15, 0.2) is 91.1 Å². The zero-order valence-corrected chi connectivity index (χ0v) is 19.5. The van der Waals surface area contributed by atoms with E-state index in [4.69, 9.17) is 9.47 Å². The van der Waals surface area contributed by atoms with Crippen LogP contribution in [0.2, 0.25) is 0 Å². The van der Waals surface area contributed by atoms with Crippen molar-refractivity contribution >= 4 is 23.4 Å². The van der Waals surface area contributed by atoms with Crippen molar-refractivity contribution in [2.75, 3.05) is 11.5 Å². The van der Waals surface area contributed by atoms with Gasteiger partial charge in [-0.05, 0) is 49.4 Å². The molecule has 8 heteroatoms. The van der Waals surface area contributed by atoms with Gasteiger partial charge < -0.3 is 14.6 Å². The molecule has 0 fully saturated rings. The van der Waals surface area contributed by atoms with Gasteiger partial charge in [-0.25, -0.2) is 14.8 Å². The van der Waals surface area contributed by atoms with E-state index in [0.717, 1.165) is 0 Å². The molecule has 3 aromatic carbocycles. The number of carboxylic acid groups (broad SMARTS) is 1. The van der Waals surface area contributed by atoms with E-state index in [0.29, 0.717) is 34.2 Å². The van der Waals surface area contributed by atoms with Crippen LogP contribution in [0.25, 0.3) is 0 Å². The van der Waals surface area contributed by atoms with Crippen molar-refractivity contribution in [1.82, 2.24) is 9.97 Å². The Morgan fingerprint density at radius 2 is 1.78 bits per heavy atom. The van der Waals surface area contributed by atoms with Crippen molar-refractivity contribution in [1.29, 1.82) is 0 Å². The van der Waals surface area contributed by atoms with Gasteiger partial charge in [-0.3, -0.25) is 9.69 Å². The fraction of sp³-hybridized carbons (Fsp3) is 0.143. The van der Waals surface area contributed by atoms with Gasteiger partial charge in [0.2, 0.25) is 5.60 Å². The van der Waals surface area contributed by atoms with E-state index in [9.17, 15) is 14.7 Å². The first-order chi connectivity index (χ1) is 17.5. The Bertz CT molecular complexity index is 1430. The lowest BCUT2D eigenvalue weighted by Gasteiger charge is -2.35. The second-order valence-electron chi connectivity index (χ2n) is 8.29. The van der Waals surface area contributed by atoms with Crippen LogP contribution in [-0.4, -0.2) is 33.6 Å². The van der Waals surface area contributed by atoms with Crippen LogP contribution in [0.5, 0.6) is 11.5 Å². The van der Waals surface area contributed by atoms with Crippen LogP contribution in [-0.2, 0) is 10.4 Å². The summed E-state index contributed by atoms with van der Waals surface area (Å²) >= 11 is 0. The number of carbonyl (C=O) groups is 2. The van der Waals surface area contributed by atoms with Crippen LogP contribution in [0.1, 0.15) is 28.2 Å². The number of para-hydroxylation sites is 2. The first-order valence-corrected chi connectivity index (χ1v) is 11.4. The number of anilines is 2. The topological polar surface area (TPSA) is 102 Å². The van der Waals surface area contributed by atoms with Crippen LogP contribution in [0, 0.1) is 6.92 Å². The third-order valence-electron chi connectivity index (χ3n) is 5.96. The number of aliphatic carboxylic acids is 1. The molecule has 8 nitrogen and oxygen atoms in total. The molecule has 36 heavy (non-hydrogen) atoms. The monoisotopic (exact) mass is 481 g/mol. The van der Waals surface area contributed by atoms with Crippen LogP contribution >= 0.6 is 0 Å². The lowest BCUT2D eigenvalue weighted by Crippen LogP contribution is -2.45. The second-order valence-corrected chi connectivity index (χ2v) is 8.29. The summed E-state index contributed by atoms with van der Waals surface area (Å²) in [4.78, 5) is 36.4. The number of carboxylic acids is 1. The fourth-order valence-corrected chi connectivity index (χ4v) is 4.26. The molecule has 1 amide bonds. The molecule has 1 atom stereocenters. The minimum absolute atomic E-state index is 0.119. The summed E-state index contributed by atoms with van der Waals surface area (Å²) in [5, 5.41) is 10.2. The summed E-state index contributed by atoms with van der Waals surface area (Å²) in [5.74, 6) is 0.198. The van der Waals surface area contributed by atoms with Crippen molar-refractivity contribution in [3.05, 3.63) is 108 Å². The standard InChI is InChI=1S/C28H23N3O5/c1-19-29-16-14-25(30-19)31(21-9-3-2-4-10-21)26(32)20-8-7-11-22(18-20)36-28(27(33)34)15-17-35-24-13-6-5-12-23(24)28/h2-14,16,18H,15,17H2,1H3,(H,33,34). The fourth-order valence-electron chi connectivity index (χ4n) is 4.26. The Morgan fingerprint density at radius 3 is 2.56 bits per heavy atom. The number of hydrogen-bond acceptors (Lipinski definition) is 6. The van der Waals surface area contributed by atoms with Gasteiger partial charge in [0.15, 0.2) is 0 Å². The van der Waals surface area contributed by atoms with Crippen LogP contribution in [0.3, 0.4) is 0 Å². The number of hydrogen-bond donors (Lipinski definition) is 1. The minimum Gasteiger partial charge on any atom is -0.493 e. The maximum Gasteiger partial charge on any atom is 0.353 e. The highest BCUT2D eigenvalue weighted by Gasteiger charge is 2.47. The predicted molar refractivity (Wildman–Crippen MR) is 133 cm³/mol. The first-order valence-electron chi connectivity index (χ1n) is 11.4. The Balaban J connectivity index is 1.53. The molecule has 180 valence electrons. The zero-order valence-electron chi connectivity index (χ0n) is 19.5. The van der Waals surface area contributed by atoms with Crippen molar-refractivity contribution in [2.24, 2.45) is 0 Å². The van der Waals surface area contributed by atoms with Gasteiger partial charge in [0.25, 0.3) is 5.91 Å². The largest absolute Gasteiger partial charge is 0.493 e. The summed E-state index contributed by atoms with van der Waals surface area (Å²) in [6.07, 6.45) is 1.72. The van der Waals surface area contributed by atoms with E-state index >= 15 is 0 Å². The van der Waals surface area contributed by atoms with E-state index < -0.39 is 11.6 Å². The number of aromatic nitrogens is 2. The highest BCUT2D eigenvalue weighted by atomic mass is 16.5.